The Bertz CT molecular complexity index is 539. The van der Waals surface area contributed by atoms with Gasteiger partial charge in [-0.3, -0.25) is 4.68 Å². The molecule has 1 aromatic heterocycles. The quantitative estimate of drug-likeness (QED) is 0.933. The third-order valence-corrected chi connectivity index (χ3v) is 5.42. The lowest BCUT2D eigenvalue weighted by molar-refractivity contribution is 0.168. The molecule has 5 heteroatoms. The summed E-state index contributed by atoms with van der Waals surface area (Å²) in [6, 6.07) is 0.565. The van der Waals surface area contributed by atoms with Gasteiger partial charge in [0.1, 0.15) is 0 Å². The summed E-state index contributed by atoms with van der Waals surface area (Å²) >= 11 is 0. The van der Waals surface area contributed by atoms with Crippen LogP contribution in [0.5, 0.6) is 0 Å². The van der Waals surface area contributed by atoms with Crippen LogP contribution in [0.2, 0.25) is 0 Å². The smallest absolute Gasteiger partial charge is 0.317 e. The molecule has 0 bridgehead atoms. The summed E-state index contributed by atoms with van der Waals surface area (Å²) in [6.45, 7) is 5.89. The van der Waals surface area contributed by atoms with Crippen LogP contribution in [0.4, 0.5) is 4.79 Å². The second kappa shape index (κ2) is 6.31. The van der Waals surface area contributed by atoms with Crippen molar-refractivity contribution in [3.05, 3.63) is 17.5 Å². The molecule has 0 spiro atoms. The first-order valence-electron chi connectivity index (χ1n) is 8.66. The predicted molar refractivity (Wildman–Crippen MR) is 86.4 cm³/mol. The Morgan fingerprint density at radius 2 is 2.18 bits per heavy atom. The molecule has 0 aromatic carbocycles. The fraction of sp³-hybridized carbons (Fsp3) is 0.765. The molecule has 2 fully saturated rings. The van der Waals surface area contributed by atoms with E-state index in [1.807, 2.05) is 17.9 Å². The molecule has 1 saturated heterocycles. The average Bonchev–Trinajstić information content (AvgIpc) is 3.05. The van der Waals surface area contributed by atoms with Gasteiger partial charge in [-0.1, -0.05) is 26.7 Å². The highest BCUT2D eigenvalue weighted by Gasteiger charge is 2.42. The van der Waals surface area contributed by atoms with Gasteiger partial charge in [0.25, 0.3) is 0 Å². The standard InChI is InChI=1S/C17H28N4O/c1-4-15-13(11-20(3)19-15)9-18-17(22)21-10-12(2)14-7-5-6-8-16(14)21/h11-12,14,16H,4-10H2,1-3H3,(H,18,22). The number of aromatic nitrogens is 2. The maximum Gasteiger partial charge on any atom is 0.317 e. The van der Waals surface area contributed by atoms with Gasteiger partial charge < -0.3 is 10.2 Å². The van der Waals surface area contributed by atoms with Crippen molar-refractivity contribution in [3.63, 3.8) is 0 Å². The van der Waals surface area contributed by atoms with Gasteiger partial charge in [0.05, 0.1) is 5.69 Å². The van der Waals surface area contributed by atoms with E-state index >= 15 is 0 Å². The predicted octanol–water partition coefficient (Wildman–Crippen LogP) is 2.70. The van der Waals surface area contributed by atoms with Crippen molar-refractivity contribution in [3.8, 4) is 0 Å². The molecule has 122 valence electrons. The molecule has 2 amide bonds. The van der Waals surface area contributed by atoms with Gasteiger partial charge in [-0.25, -0.2) is 4.79 Å². The average molecular weight is 304 g/mol. The van der Waals surface area contributed by atoms with Gasteiger partial charge >= 0.3 is 6.03 Å². The van der Waals surface area contributed by atoms with E-state index in [2.05, 4.69) is 29.2 Å². The Kier molecular flexibility index (Phi) is 4.41. The molecule has 1 N–H and O–H groups in total. The topological polar surface area (TPSA) is 50.2 Å². The van der Waals surface area contributed by atoms with Crippen LogP contribution in [0.3, 0.4) is 0 Å². The lowest BCUT2D eigenvalue weighted by atomic mass is 9.80. The van der Waals surface area contributed by atoms with Gasteiger partial charge in [-0.15, -0.1) is 0 Å². The van der Waals surface area contributed by atoms with Crippen molar-refractivity contribution in [1.82, 2.24) is 20.0 Å². The summed E-state index contributed by atoms with van der Waals surface area (Å²) in [5.41, 5.74) is 2.21. The number of aryl methyl sites for hydroxylation is 2. The van der Waals surface area contributed by atoms with E-state index in [9.17, 15) is 4.79 Å². The molecule has 2 aliphatic rings. The number of rotatable bonds is 3. The molecule has 1 aliphatic carbocycles. The number of likely N-dealkylation sites (tertiary alicyclic amines) is 1. The third-order valence-electron chi connectivity index (χ3n) is 5.42. The van der Waals surface area contributed by atoms with Crippen LogP contribution in [-0.4, -0.2) is 33.3 Å². The zero-order valence-corrected chi connectivity index (χ0v) is 14.0. The van der Waals surface area contributed by atoms with Crippen molar-refractivity contribution in [2.75, 3.05) is 6.54 Å². The molecule has 1 aromatic rings. The first-order valence-corrected chi connectivity index (χ1v) is 8.66. The minimum Gasteiger partial charge on any atom is -0.334 e. The van der Waals surface area contributed by atoms with E-state index < -0.39 is 0 Å². The summed E-state index contributed by atoms with van der Waals surface area (Å²) in [5.74, 6) is 1.35. The summed E-state index contributed by atoms with van der Waals surface area (Å²) in [7, 11) is 1.93. The fourth-order valence-electron chi connectivity index (χ4n) is 4.31. The highest BCUT2D eigenvalue weighted by molar-refractivity contribution is 5.75. The molecular weight excluding hydrogens is 276 g/mol. The molecular formula is C17H28N4O. The van der Waals surface area contributed by atoms with Gasteiger partial charge in [-0.05, 0) is 31.1 Å². The van der Waals surface area contributed by atoms with E-state index in [0.29, 0.717) is 24.4 Å². The zero-order valence-electron chi connectivity index (χ0n) is 14.0. The van der Waals surface area contributed by atoms with Crippen molar-refractivity contribution in [1.29, 1.82) is 0 Å². The summed E-state index contributed by atoms with van der Waals surface area (Å²) < 4.78 is 1.83. The number of hydrogen-bond donors (Lipinski definition) is 1. The van der Waals surface area contributed by atoms with E-state index in [1.54, 1.807) is 0 Å². The van der Waals surface area contributed by atoms with Crippen LogP contribution < -0.4 is 5.32 Å². The first kappa shape index (κ1) is 15.4. The van der Waals surface area contributed by atoms with Crippen LogP contribution in [0.1, 0.15) is 50.8 Å². The molecule has 2 heterocycles. The summed E-state index contributed by atoms with van der Waals surface area (Å²) in [6.07, 6.45) is 7.97. The number of nitrogens with zero attached hydrogens (tertiary/aromatic N) is 3. The fourth-order valence-corrected chi connectivity index (χ4v) is 4.31. The van der Waals surface area contributed by atoms with Gasteiger partial charge in [0, 0.05) is 37.9 Å². The molecule has 3 rings (SSSR count). The molecule has 3 unspecified atom stereocenters. The Morgan fingerprint density at radius 1 is 1.41 bits per heavy atom. The first-order chi connectivity index (χ1) is 10.6. The highest BCUT2D eigenvalue weighted by Crippen LogP contribution is 2.39. The molecule has 5 nitrogen and oxygen atoms in total. The Morgan fingerprint density at radius 3 is 2.95 bits per heavy atom. The van der Waals surface area contributed by atoms with Gasteiger partial charge in [0.15, 0.2) is 0 Å². The maximum atomic E-state index is 12.6. The van der Waals surface area contributed by atoms with Crippen LogP contribution in [-0.2, 0) is 20.0 Å². The monoisotopic (exact) mass is 304 g/mol. The molecule has 1 saturated carbocycles. The number of amides is 2. The van der Waals surface area contributed by atoms with E-state index in [-0.39, 0.29) is 6.03 Å². The zero-order chi connectivity index (χ0) is 15.7. The summed E-state index contributed by atoms with van der Waals surface area (Å²) in [5, 5.41) is 7.55. The van der Waals surface area contributed by atoms with E-state index in [1.165, 1.54) is 25.7 Å². The van der Waals surface area contributed by atoms with Crippen molar-refractivity contribution >= 4 is 6.03 Å². The SMILES string of the molecule is CCc1nn(C)cc1CNC(=O)N1CC(C)C2CCCCC21. The van der Waals surface area contributed by atoms with E-state index in [0.717, 1.165) is 24.2 Å². The maximum absolute atomic E-state index is 12.6. The summed E-state index contributed by atoms with van der Waals surface area (Å²) in [4.78, 5) is 14.7. The number of carbonyl (C=O) groups is 1. The second-order valence-electron chi connectivity index (χ2n) is 6.93. The minimum absolute atomic E-state index is 0.104. The largest absolute Gasteiger partial charge is 0.334 e. The number of hydrogen-bond acceptors (Lipinski definition) is 2. The van der Waals surface area contributed by atoms with E-state index in [4.69, 9.17) is 0 Å². The lowest BCUT2D eigenvalue weighted by Crippen LogP contribution is -2.44. The van der Waals surface area contributed by atoms with Crippen molar-refractivity contribution in [2.24, 2.45) is 18.9 Å². The Labute approximate surface area is 133 Å². The van der Waals surface area contributed by atoms with Crippen molar-refractivity contribution < 1.29 is 4.79 Å². The van der Waals surface area contributed by atoms with Gasteiger partial charge in [-0.2, -0.15) is 5.10 Å². The molecule has 1 aliphatic heterocycles. The Balaban J connectivity index is 1.62. The van der Waals surface area contributed by atoms with Crippen LogP contribution in [0.25, 0.3) is 0 Å². The van der Waals surface area contributed by atoms with Crippen LogP contribution in [0, 0.1) is 11.8 Å². The van der Waals surface area contributed by atoms with Crippen LogP contribution >= 0.6 is 0 Å². The molecule has 0 radical (unpaired) electrons. The second-order valence-corrected chi connectivity index (χ2v) is 6.93. The number of nitrogens with one attached hydrogen (secondary N) is 1. The molecule has 3 atom stereocenters. The lowest BCUT2D eigenvalue weighted by Gasteiger charge is -2.32. The Hall–Kier alpha value is -1.52. The third kappa shape index (κ3) is 2.85. The highest BCUT2D eigenvalue weighted by atomic mass is 16.2. The van der Waals surface area contributed by atoms with Crippen LogP contribution in [0.15, 0.2) is 6.20 Å². The number of fused-ring (bicyclic) bond motifs is 1. The number of urea groups is 1. The molecule has 22 heavy (non-hydrogen) atoms. The minimum atomic E-state index is 0.104. The van der Waals surface area contributed by atoms with Crippen molar-refractivity contribution in [2.45, 2.75) is 58.5 Å². The normalized spacial score (nSPS) is 27.8. The van der Waals surface area contributed by atoms with Gasteiger partial charge in [0.2, 0.25) is 0 Å². The number of carbonyl (C=O) groups excluding carboxylic acids is 1.